The molecule has 0 aliphatic rings. The fraction of sp³-hybridized carbons (Fsp3) is 0.222. The zero-order valence-electron chi connectivity index (χ0n) is 7.54. The van der Waals surface area contributed by atoms with E-state index >= 15 is 0 Å². The summed E-state index contributed by atoms with van der Waals surface area (Å²) in [6.45, 7) is 0. The number of hydrazine groups is 1. The minimum atomic E-state index is -0.105. The van der Waals surface area contributed by atoms with Gasteiger partial charge in [-0.15, -0.1) is 0 Å². The first-order valence-electron chi connectivity index (χ1n) is 3.83. The van der Waals surface area contributed by atoms with Gasteiger partial charge in [0.2, 0.25) is 0 Å². The molecule has 0 bridgehead atoms. The molecule has 1 N–H and O–H groups in total. The topological polar surface area (TPSA) is 32.3 Å². The van der Waals surface area contributed by atoms with Crippen LogP contribution >= 0.6 is 15.9 Å². The summed E-state index contributed by atoms with van der Waals surface area (Å²) in [4.78, 5) is 11.4. The Labute approximate surface area is 85.8 Å². The van der Waals surface area contributed by atoms with E-state index in [1.807, 2.05) is 12.1 Å². The van der Waals surface area contributed by atoms with Crippen LogP contribution in [-0.4, -0.2) is 25.0 Å². The van der Waals surface area contributed by atoms with Gasteiger partial charge in [0.25, 0.3) is 5.91 Å². The first-order chi connectivity index (χ1) is 6.09. The number of nitrogens with zero attached hydrogens (tertiary/aromatic N) is 1. The molecule has 13 heavy (non-hydrogen) atoms. The van der Waals surface area contributed by atoms with E-state index in [9.17, 15) is 4.79 Å². The summed E-state index contributed by atoms with van der Waals surface area (Å²) in [5, 5.41) is 1.61. The molecular weight excluding hydrogens is 232 g/mol. The molecule has 0 spiro atoms. The highest BCUT2D eigenvalue weighted by atomic mass is 79.9. The van der Waals surface area contributed by atoms with E-state index in [1.165, 1.54) is 0 Å². The molecule has 70 valence electrons. The van der Waals surface area contributed by atoms with Gasteiger partial charge in [0.15, 0.2) is 0 Å². The van der Waals surface area contributed by atoms with Crippen LogP contribution in [0.3, 0.4) is 0 Å². The lowest BCUT2D eigenvalue weighted by Crippen LogP contribution is -2.36. The number of hydrogen-bond acceptors (Lipinski definition) is 2. The zero-order chi connectivity index (χ0) is 9.84. The molecule has 1 aromatic rings. The van der Waals surface area contributed by atoms with Crippen molar-refractivity contribution in [2.24, 2.45) is 0 Å². The van der Waals surface area contributed by atoms with Crippen molar-refractivity contribution in [3.8, 4) is 0 Å². The number of nitrogens with one attached hydrogen (secondary N) is 1. The molecule has 1 rings (SSSR count). The van der Waals surface area contributed by atoms with Crippen molar-refractivity contribution in [2.45, 2.75) is 0 Å². The van der Waals surface area contributed by atoms with Crippen molar-refractivity contribution in [1.82, 2.24) is 10.4 Å². The van der Waals surface area contributed by atoms with Crippen LogP contribution in [-0.2, 0) is 0 Å². The molecule has 0 aliphatic carbocycles. The van der Waals surface area contributed by atoms with Crippen LogP contribution in [0.2, 0.25) is 0 Å². The van der Waals surface area contributed by atoms with Gasteiger partial charge in [0.05, 0.1) is 0 Å². The summed E-state index contributed by atoms with van der Waals surface area (Å²) in [6, 6.07) is 7.25. The van der Waals surface area contributed by atoms with Gasteiger partial charge in [-0.3, -0.25) is 10.2 Å². The van der Waals surface area contributed by atoms with Gasteiger partial charge in [-0.2, -0.15) is 0 Å². The van der Waals surface area contributed by atoms with Crippen LogP contribution in [0.25, 0.3) is 0 Å². The normalized spacial score (nSPS) is 10.2. The Bertz CT molecular complexity index is 312. The van der Waals surface area contributed by atoms with Gasteiger partial charge in [-0.1, -0.05) is 22.0 Å². The van der Waals surface area contributed by atoms with Crippen LogP contribution < -0.4 is 5.43 Å². The fourth-order valence-corrected chi connectivity index (χ4v) is 1.30. The van der Waals surface area contributed by atoms with E-state index in [0.29, 0.717) is 5.56 Å². The van der Waals surface area contributed by atoms with Crippen molar-refractivity contribution >= 4 is 21.8 Å². The molecule has 0 aliphatic heterocycles. The molecule has 1 aromatic carbocycles. The minimum Gasteiger partial charge on any atom is -0.285 e. The van der Waals surface area contributed by atoms with E-state index in [0.717, 1.165) is 4.47 Å². The lowest BCUT2D eigenvalue weighted by Gasteiger charge is -2.11. The molecule has 0 saturated carbocycles. The second kappa shape index (κ2) is 4.39. The predicted molar refractivity (Wildman–Crippen MR) is 55.3 cm³/mol. The van der Waals surface area contributed by atoms with Crippen molar-refractivity contribution in [3.63, 3.8) is 0 Å². The van der Waals surface area contributed by atoms with Crippen LogP contribution in [0.5, 0.6) is 0 Å². The van der Waals surface area contributed by atoms with E-state index in [2.05, 4.69) is 21.4 Å². The highest BCUT2D eigenvalue weighted by molar-refractivity contribution is 9.10. The smallest absolute Gasteiger partial charge is 0.265 e. The molecule has 4 heteroatoms. The minimum absolute atomic E-state index is 0.105. The Morgan fingerprint density at radius 2 is 2.15 bits per heavy atom. The van der Waals surface area contributed by atoms with Crippen molar-refractivity contribution < 1.29 is 4.79 Å². The average molecular weight is 243 g/mol. The van der Waals surface area contributed by atoms with Gasteiger partial charge in [0.1, 0.15) is 0 Å². The Morgan fingerprint density at radius 3 is 2.69 bits per heavy atom. The lowest BCUT2D eigenvalue weighted by atomic mass is 10.2. The third-order valence-corrected chi connectivity index (χ3v) is 1.91. The summed E-state index contributed by atoms with van der Waals surface area (Å²) in [5.74, 6) is -0.105. The number of rotatable bonds is 2. The van der Waals surface area contributed by atoms with Gasteiger partial charge in [0, 0.05) is 24.1 Å². The quantitative estimate of drug-likeness (QED) is 0.801. The van der Waals surface area contributed by atoms with E-state index in [-0.39, 0.29) is 5.91 Å². The lowest BCUT2D eigenvalue weighted by molar-refractivity contribution is 0.0857. The summed E-state index contributed by atoms with van der Waals surface area (Å²) >= 11 is 3.30. The highest BCUT2D eigenvalue weighted by Crippen LogP contribution is 2.11. The summed E-state index contributed by atoms with van der Waals surface area (Å²) in [6.07, 6.45) is 0. The molecule has 0 heterocycles. The maximum Gasteiger partial charge on any atom is 0.265 e. The monoisotopic (exact) mass is 242 g/mol. The second-order valence-electron chi connectivity index (χ2n) is 2.85. The van der Waals surface area contributed by atoms with Gasteiger partial charge >= 0.3 is 0 Å². The largest absolute Gasteiger partial charge is 0.285 e. The van der Waals surface area contributed by atoms with Crippen molar-refractivity contribution in [2.75, 3.05) is 14.1 Å². The van der Waals surface area contributed by atoms with Crippen LogP contribution in [0.15, 0.2) is 28.7 Å². The Morgan fingerprint density at radius 1 is 1.46 bits per heavy atom. The van der Waals surface area contributed by atoms with Crippen LogP contribution in [0.1, 0.15) is 10.4 Å². The Hall–Kier alpha value is -0.870. The molecule has 0 radical (unpaired) electrons. The van der Waals surface area contributed by atoms with E-state index < -0.39 is 0 Å². The summed E-state index contributed by atoms with van der Waals surface area (Å²) in [5.41, 5.74) is 3.30. The van der Waals surface area contributed by atoms with Gasteiger partial charge in [-0.05, 0) is 18.2 Å². The van der Waals surface area contributed by atoms with Crippen LogP contribution in [0, 0.1) is 0 Å². The third-order valence-electron chi connectivity index (χ3n) is 1.41. The van der Waals surface area contributed by atoms with Crippen LogP contribution in [0.4, 0.5) is 0 Å². The molecule has 1 amide bonds. The van der Waals surface area contributed by atoms with Crippen molar-refractivity contribution in [1.29, 1.82) is 0 Å². The average Bonchev–Trinajstić information content (AvgIpc) is 2.03. The molecule has 0 atom stereocenters. The predicted octanol–water partition coefficient (Wildman–Crippen LogP) is 1.66. The number of benzene rings is 1. The summed E-state index contributed by atoms with van der Waals surface area (Å²) < 4.78 is 0.902. The maximum atomic E-state index is 11.4. The number of hydrogen-bond donors (Lipinski definition) is 1. The molecule has 0 aromatic heterocycles. The molecular formula is C9H11BrN2O. The Kier molecular flexibility index (Phi) is 3.45. The van der Waals surface area contributed by atoms with Gasteiger partial charge < -0.3 is 0 Å². The highest BCUT2D eigenvalue weighted by Gasteiger charge is 2.05. The Balaban J connectivity index is 2.77. The first kappa shape index (κ1) is 10.2. The zero-order valence-corrected chi connectivity index (χ0v) is 9.13. The van der Waals surface area contributed by atoms with Gasteiger partial charge in [-0.25, -0.2) is 5.01 Å². The van der Waals surface area contributed by atoms with Crippen molar-refractivity contribution in [3.05, 3.63) is 34.3 Å². The molecule has 3 nitrogen and oxygen atoms in total. The molecule has 0 saturated heterocycles. The number of carbonyl (C=O) groups is 1. The number of halogens is 1. The molecule has 0 fully saturated rings. The van der Waals surface area contributed by atoms with E-state index in [4.69, 9.17) is 0 Å². The molecule has 0 unspecified atom stereocenters. The maximum absolute atomic E-state index is 11.4. The third kappa shape index (κ3) is 3.16. The standard InChI is InChI=1S/C9H11BrN2O/c1-12(2)11-9(13)7-4-3-5-8(10)6-7/h3-6H,1-2H3,(H,11,13). The SMILES string of the molecule is CN(C)NC(=O)c1cccc(Br)c1. The number of carbonyl (C=O) groups excluding carboxylic acids is 1. The second-order valence-corrected chi connectivity index (χ2v) is 3.76. The van der Waals surface area contributed by atoms with E-state index in [1.54, 1.807) is 31.2 Å². The first-order valence-corrected chi connectivity index (χ1v) is 4.63. The summed E-state index contributed by atoms with van der Waals surface area (Å²) in [7, 11) is 3.55. The number of amides is 1. The fourth-order valence-electron chi connectivity index (χ4n) is 0.897.